The summed E-state index contributed by atoms with van der Waals surface area (Å²) in [6, 6.07) is 15.5. The Morgan fingerprint density at radius 1 is 0.976 bits per heavy atom. The van der Waals surface area contributed by atoms with Gasteiger partial charge in [-0.25, -0.2) is 12.8 Å². The number of benzene rings is 3. The number of sulfonamides is 1. The van der Waals surface area contributed by atoms with Crippen molar-refractivity contribution in [2.24, 2.45) is 0 Å². The molecular formula is C31H38FN3O6S. The van der Waals surface area contributed by atoms with Gasteiger partial charge in [-0.1, -0.05) is 43.2 Å². The molecule has 3 aromatic rings. The molecule has 0 aliphatic rings. The van der Waals surface area contributed by atoms with Crippen LogP contribution in [0.15, 0.2) is 71.6 Å². The van der Waals surface area contributed by atoms with Gasteiger partial charge in [0.05, 0.1) is 24.8 Å². The maximum atomic E-state index is 14.1. The second kappa shape index (κ2) is 14.7. The fourth-order valence-electron chi connectivity index (χ4n) is 4.25. The van der Waals surface area contributed by atoms with Gasteiger partial charge in [0.25, 0.3) is 10.0 Å². The van der Waals surface area contributed by atoms with Gasteiger partial charge in [0.1, 0.15) is 29.9 Å². The molecule has 3 aromatic carbocycles. The average Bonchev–Trinajstić information content (AvgIpc) is 2.99. The SMILES string of the molecule is CCCCNC(=O)[C@H](C)N(Cc1ccc(F)cc1)C(=O)CN(c1cc(OC)ccc1OC)S(=O)(=O)c1ccc(C)cc1. The summed E-state index contributed by atoms with van der Waals surface area (Å²) in [5.74, 6) is -0.907. The van der Waals surface area contributed by atoms with Gasteiger partial charge in [0.2, 0.25) is 11.8 Å². The van der Waals surface area contributed by atoms with Crippen LogP contribution in [0.3, 0.4) is 0 Å². The first-order chi connectivity index (χ1) is 20.0. The number of nitrogens with one attached hydrogen (secondary N) is 1. The molecule has 3 rings (SSSR count). The third kappa shape index (κ3) is 8.00. The Kier molecular flexibility index (Phi) is 11.3. The maximum Gasteiger partial charge on any atom is 0.264 e. The van der Waals surface area contributed by atoms with Crippen molar-refractivity contribution in [1.29, 1.82) is 0 Å². The summed E-state index contributed by atoms with van der Waals surface area (Å²) in [5, 5.41) is 2.83. The van der Waals surface area contributed by atoms with Gasteiger partial charge in [0.15, 0.2) is 0 Å². The zero-order valence-corrected chi connectivity index (χ0v) is 25.4. The van der Waals surface area contributed by atoms with E-state index in [2.05, 4.69) is 5.32 Å². The lowest BCUT2D eigenvalue weighted by molar-refractivity contribution is -0.139. The fourth-order valence-corrected chi connectivity index (χ4v) is 5.66. The molecule has 0 aliphatic heterocycles. The number of nitrogens with zero attached hydrogens (tertiary/aromatic N) is 2. The largest absolute Gasteiger partial charge is 0.497 e. The van der Waals surface area contributed by atoms with Gasteiger partial charge in [-0.3, -0.25) is 13.9 Å². The molecule has 0 aromatic heterocycles. The molecule has 9 nitrogen and oxygen atoms in total. The van der Waals surface area contributed by atoms with Crippen LogP contribution in [-0.4, -0.2) is 58.5 Å². The van der Waals surface area contributed by atoms with Crippen LogP contribution in [0.25, 0.3) is 0 Å². The van der Waals surface area contributed by atoms with Crippen LogP contribution >= 0.6 is 0 Å². The van der Waals surface area contributed by atoms with Gasteiger partial charge < -0.3 is 19.7 Å². The minimum absolute atomic E-state index is 0.0267. The van der Waals surface area contributed by atoms with Crippen LogP contribution in [-0.2, 0) is 26.2 Å². The predicted octanol–water partition coefficient (Wildman–Crippen LogP) is 4.68. The number of halogens is 1. The lowest BCUT2D eigenvalue weighted by atomic mass is 10.1. The van der Waals surface area contributed by atoms with Crippen molar-refractivity contribution in [2.45, 2.75) is 51.1 Å². The van der Waals surface area contributed by atoms with Gasteiger partial charge in [0, 0.05) is 19.2 Å². The predicted molar refractivity (Wildman–Crippen MR) is 160 cm³/mol. The van der Waals surface area contributed by atoms with Gasteiger partial charge in [-0.05, 0) is 62.2 Å². The third-order valence-corrected chi connectivity index (χ3v) is 8.58. The lowest BCUT2D eigenvalue weighted by Gasteiger charge is -2.32. The second-order valence-electron chi connectivity index (χ2n) is 9.83. The molecule has 226 valence electrons. The first-order valence-electron chi connectivity index (χ1n) is 13.6. The zero-order chi connectivity index (χ0) is 30.9. The standard InChI is InChI=1S/C31H38FN3O6S/c1-6-7-18-33-31(37)23(3)34(20-24-10-12-25(32)13-11-24)30(36)21-35(28-19-26(40-4)14-17-29(28)41-5)42(38,39)27-15-8-22(2)9-16-27/h8-17,19,23H,6-7,18,20-21H2,1-5H3,(H,33,37)/t23-/m0/s1. The molecule has 0 fully saturated rings. The Hall–Kier alpha value is -4.12. The first kappa shape index (κ1) is 32.4. The molecular weight excluding hydrogens is 561 g/mol. The van der Waals surface area contributed by atoms with Crippen LogP contribution < -0.4 is 19.1 Å². The summed E-state index contributed by atoms with van der Waals surface area (Å²) in [6.45, 7) is 5.16. The van der Waals surface area contributed by atoms with Crippen molar-refractivity contribution in [3.8, 4) is 11.5 Å². The van der Waals surface area contributed by atoms with Crippen LogP contribution in [0.5, 0.6) is 11.5 Å². The van der Waals surface area contributed by atoms with E-state index in [0.29, 0.717) is 17.9 Å². The number of hydrogen-bond acceptors (Lipinski definition) is 6. The zero-order valence-electron chi connectivity index (χ0n) is 24.6. The number of rotatable bonds is 14. The van der Waals surface area contributed by atoms with Gasteiger partial charge >= 0.3 is 0 Å². The van der Waals surface area contributed by atoms with Gasteiger partial charge in [-0.15, -0.1) is 0 Å². The normalized spacial score (nSPS) is 11.9. The van der Waals surface area contributed by atoms with Crippen molar-refractivity contribution < 1.29 is 31.9 Å². The minimum Gasteiger partial charge on any atom is -0.497 e. The smallest absolute Gasteiger partial charge is 0.264 e. The van der Waals surface area contributed by atoms with E-state index in [-0.39, 0.29) is 28.8 Å². The molecule has 0 spiro atoms. The summed E-state index contributed by atoms with van der Waals surface area (Å²) in [5.41, 5.74) is 1.53. The van der Waals surface area contributed by atoms with Crippen molar-refractivity contribution in [3.63, 3.8) is 0 Å². The number of carbonyl (C=O) groups excluding carboxylic acids is 2. The number of aryl methyl sites for hydroxylation is 1. The highest BCUT2D eigenvalue weighted by Crippen LogP contribution is 2.36. The van der Waals surface area contributed by atoms with E-state index >= 15 is 0 Å². The number of methoxy groups -OCH3 is 2. The molecule has 0 radical (unpaired) electrons. The third-order valence-electron chi connectivity index (χ3n) is 6.81. The highest BCUT2D eigenvalue weighted by Gasteiger charge is 2.34. The van der Waals surface area contributed by atoms with Gasteiger partial charge in [-0.2, -0.15) is 0 Å². The van der Waals surface area contributed by atoms with Crippen molar-refractivity contribution >= 4 is 27.5 Å². The molecule has 42 heavy (non-hydrogen) atoms. The number of carbonyl (C=O) groups is 2. The molecule has 1 N–H and O–H groups in total. The topological polar surface area (TPSA) is 105 Å². The van der Waals surface area contributed by atoms with E-state index < -0.39 is 34.3 Å². The Bertz CT molecular complexity index is 1460. The molecule has 0 saturated heterocycles. The molecule has 0 unspecified atom stereocenters. The molecule has 0 saturated carbocycles. The van der Waals surface area contributed by atoms with Crippen molar-refractivity contribution in [2.75, 3.05) is 31.6 Å². The van der Waals surface area contributed by atoms with Crippen molar-refractivity contribution in [3.05, 3.63) is 83.7 Å². The van der Waals surface area contributed by atoms with Crippen molar-refractivity contribution in [1.82, 2.24) is 10.2 Å². The number of anilines is 1. The summed E-state index contributed by atoms with van der Waals surface area (Å²) < 4.78 is 53.6. The highest BCUT2D eigenvalue weighted by molar-refractivity contribution is 7.92. The van der Waals surface area contributed by atoms with Crippen LogP contribution in [0, 0.1) is 12.7 Å². The summed E-state index contributed by atoms with van der Waals surface area (Å²) in [4.78, 5) is 28.4. The summed E-state index contributed by atoms with van der Waals surface area (Å²) in [7, 11) is -1.46. The van der Waals surface area contributed by atoms with E-state index in [4.69, 9.17) is 9.47 Å². The Morgan fingerprint density at radius 2 is 1.64 bits per heavy atom. The quantitative estimate of drug-likeness (QED) is 0.270. The molecule has 11 heteroatoms. The maximum absolute atomic E-state index is 14.1. The second-order valence-corrected chi connectivity index (χ2v) is 11.7. The number of unbranched alkanes of at least 4 members (excludes halogenated alkanes) is 1. The monoisotopic (exact) mass is 599 g/mol. The molecule has 0 bridgehead atoms. The van der Waals surface area contributed by atoms with E-state index in [9.17, 15) is 22.4 Å². The number of ether oxygens (including phenoxy) is 2. The highest BCUT2D eigenvalue weighted by atomic mass is 32.2. The van der Waals surface area contributed by atoms with Crippen LogP contribution in [0.2, 0.25) is 0 Å². The summed E-state index contributed by atoms with van der Waals surface area (Å²) >= 11 is 0. The number of hydrogen-bond donors (Lipinski definition) is 1. The average molecular weight is 600 g/mol. The molecule has 0 heterocycles. The molecule has 1 atom stereocenters. The molecule has 0 aliphatic carbocycles. The van der Waals surface area contributed by atoms with E-state index in [1.165, 1.54) is 61.6 Å². The molecule has 2 amide bonds. The minimum atomic E-state index is -4.30. The number of amides is 2. The fraction of sp³-hybridized carbons (Fsp3) is 0.355. The van der Waals surface area contributed by atoms with E-state index in [1.807, 2.05) is 13.8 Å². The van der Waals surface area contributed by atoms with E-state index in [0.717, 1.165) is 22.7 Å². The Labute approximate surface area is 247 Å². The Balaban J connectivity index is 2.09. The van der Waals surface area contributed by atoms with E-state index in [1.54, 1.807) is 31.2 Å². The lowest BCUT2D eigenvalue weighted by Crippen LogP contribution is -2.51. The first-order valence-corrected chi connectivity index (χ1v) is 15.1. The van der Waals surface area contributed by atoms with Crippen LogP contribution in [0.1, 0.15) is 37.8 Å². The Morgan fingerprint density at radius 3 is 2.24 bits per heavy atom. The van der Waals surface area contributed by atoms with Crippen LogP contribution in [0.4, 0.5) is 10.1 Å². The summed E-state index contributed by atoms with van der Waals surface area (Å²) in [6.07, 6.45) is 1.64.